The second kappa shape index (κ2) is 9.49. The highest BCUT2D eigenvalue weighted by Gasteiger charge is 2.20. The van der Waals surface area contributed by atoms with Crippen LogP contribution in [0.4, 0.5) is 11.4 Å². The lowest BCUT2D eigenvalue weighted by molar-refractivity contribution is -0.116. The first-order valence-corrected chi connectivity index (χ1v) is 10.9. The highest BCUT2D eigenvalue weighted by Crippen LogP contribution is 2.27. The van der Waals surface area contributed by atoms with Gasteiger partial charge < -0.3 is 20.1 Å². The first-order chi connectivity index (χ1) is 14.6. The number of piperazine rings is 1. The molecule has 160 valence electrons. The van der Waals surface area contributed by atoms with E-state index in [0.29, 0.717) is 13.0 Å². The third-order valence-electron chi connectivity index (χ3n) is 5.97. The molecule has 1 unspecified atom stereocenters. The summed E-state index contributed by atoms with van der Waals surface area (Å²) in [5, 5.41) is 13.3. The Morgan fingerprint density at radius 2 is 1.83 bits per heavy atom. The van der Waals surface area contributed by atoms with Crippen molar-refractivity contribution in [2.45, 2.75) is 32.3 Å². The molecule has 1 amide bonds. The van der Waals surface area contributed by atoms with Crippen LogP contribution in [0.15, 0.2) is 42.5 Å². The topological polar surface area (TPSA) is 65.0 Å². The van der Waals surface area contributed by atoms with E-state index in [2.05, 4.69) is 46.3 Å². The molecule has 0 bridgehead atoms. The first kappa shape index (κ1) is 20.7. The Kier molecular flexibility index (Phi) is 6.55. The van der Waals surface area contributed by atoms with Gasteiger partial charge >= 0.3 is 0 Å². The predicted molar refractivity (Wildman–Crippen MR) is 119 cm³/mol. The number of carbonyl (C=O) groups is 1. The summed E-state index contributed by atoms with van der Waals surface area (Å²) in [7, 11) is 0. The number of carbonyl (C=O) groups excluding carboxylic acids is 1. The summed E-state index contributed by atoms with van der Waals surface area (Å²) in [4.78, 5) is 16.2. The number of nitrogens with one attached hydrogen (secondary N) is 1. The number of nitrogens with zero attached hydrogens (tertiary/aromatic N) is 2. The van der Waals surface area contributed by atoms with Crippen LogP contribution in [-0.2, 0) is 17.6 Å². The third-order valence-corrected chi connectivity index (χ3v) is 5.97. The maximum Gasteiger partial charge on any atom is 0.224 e. The van der Waals surface area contributed by atoms with E-state index in [9.17, 15) is 9.90 Å². The highest BCUT2D eigenvalue weighted by molar-refractivity contribution is 5.94. The number of aryl methyl sites for hydroxylation is 2. The fourth-order valence-electron chi connectivity index (χ4n) is 4.12. The van der Waals surface area contributed by atoms with Gasteiger partial charge in [-0.05, 0) is 54.3 Å². The maximum absolute atomic E-state index is 11.5. The van der Waals surface area contributed by atoms with E-state index in [-0.39, 0.29) is 12.5 Å². The molecule has 0 saturated carbocycles. The number of hydrogen-bond donors (Lipinski definition) is 2. The largest absolute Gasteiger partial charge is 0.491 e. The number of ether oxygens (including phenoxy) is 1. The quantitative estimate of drug-likeness (QED) is 0.736. The summed E-state index contributed by atoms with van der Waals surface area (Å²) in [6.45, 7) is 6.86. The zero-order chi connectivity index (χ0) is 20.9. The predicted octanol–water partition coefficient (Wildman–Crippen LogP) is 2.70. The fraction of sp³-hybridized carbons (Fsp3) is 0.458. The Bertz CT molecular complexity index is 860. The summed E-state index contributed by atoms with van der Waals surface area (Å²) in [5.74, 6) is 0.800. The van der Waals surface area contributed by atoms with Gasteiger partial charge in [-0.15, -0.1) is 0 Å². The molecule has 2 aliphatic rings. The Hall–Kier alpha value is -2.57. The lowest BCUT2D eigenvalue weighted by Gasteiger charge is -2.37. The van der Waals surface area contributed by atoms with Crippen molar-refractivity contribution in [1.82, 2.24) is 4.90 Å². The Morgan fingerprint density at radius 3 is 2.57 bits per heavy atom. The van der Waals surface area contributed by atoms with Crippen LogP contribution in [0, 0.1) is 0 Å². The van der Waals surface area contributed by atoms with E-state index in [1.807, 2.05) is 18.2 Å². The van der Waals surface area contributed by atoms with E-state index in [4.69, 9.17) is 4.74 Å². The molecular weight excluding hydrogens is 378 g/mol. The standard InChI is InChI=1S/C24H31N3O3/c1-2-18-3-6-20(7-4-18)27-13-11-26(12-14-27)16-21(28)17-30-22-8-9-23-19(15-22)5-10-24(29)25-23/h3-4,6-9,15,21,28H,2,5,10-14,16-17H2,1H3,(H,25,29). The highest BCUT2D eigenvalue weighted by atomic mass is 16.5. The molecular formula is C24H31N3O3. The van der Waals surface area contributed by atoms with Crippen molar-refractivity contribution < 1.29 is 14.6 Å². The average Bonchev–Trinajstić information content (AvgIpc) is 2.78. The zero-order valence-corrected chi connectivity index (χ0v) is 17.6. The molecule has 4 rings (SSSR count). The van der Waals surface area contributed by atoms with Gasteiger partial charge in [0, 0.05) is 50.5 Å². The summed E-state index contributed by atoms with van der Waals surface area (Å²) >= 11 is 0. The molecule has 1 fully saturated rings. The van der Waals surface area contributed by atoms with Gasteiger partial charge in [0.2, 0.25) is 5.91 Å². The Labute approximate surface area is 178 Å². The van der Waals surface area contributed by atoms with E-state index in [0.717, 1.165) is 56.0 Å². The molecule has 0 spiro atoms. The number of fused-ring (bicyclic) bond motifs is 1. The second-order valence-corrected chi connectivity index (χ2v) is 8.14. The molecule has 0 aromatic heterocycles. The Morgan fingerprint density at radius 1 is 1.07 bits per heavy atom. The van der Waals surface area contributed by atoms with Crippen LogP contribution in [0.25, 0.3) is 0 Å². The number of aliphatic hydroxyl groups excluding tert-OH is 1. The summed E-state index contributed by atoms with van der Waals surface area (Å²) in [6, 6.07) is 14.5. The van der Waals surface area contributed by atoms with E-state index in [1.165, 1.54) is 11.3 Å². The number of benzene rings is 2. The van der Waals surface area contributed by atoms with Gasteiger partial charge in [0.25, 0.3) is 0 Å². The van der Waals surface area contributed by atoms with E-state index < -0.39 is 6.10 Å². The zero-order valence-electron chi connectivity index (χ0n) is 17.6. The number of rotatable bonds is 7. The van der Waals surface area contributed by atoms with Crippen LogP contribution >= 0.6 is 0 Å². The first-order valence-electron chi connectivity index (χ1n) is 10.9. The Balaban J connectivity index is 1.21. The van der Waals surface area contributed by atoms with Gasteiger partial charge in [-0.1, -0.05) is 19.1 Å². The lowest BCUT2D eigenvalue weighted by Crippen LogP contribution is -2.49. The van der Waals surface area contributed by atoms with Crippen molar-refractivity contribution in [3.05, 3.63) is 53.6 Å². The molecule has 0 aliphatic carbocycles. The van der Waals surface area contributed by atoms with Crippen molar-refractivity contribution in [2.24, 2.45) is 0 Å². The minimum absolute atomic E-state index is 0.0599. The minimum atomic E-state index is -0.531. The molecule has 2 aromatic rings. The number of aliphatic hydroxyl groups is 1. The summed E-state index contributed by atoms with van der Waals surface area (Å²) in [6.07, 6.45) is 1.77. The van der Waals surface area contributed by atoms with Crippen molar-refractivity contribution in [1.29, 1.82) is 0 Å². The van der Waals surface area contributed by atoms with Crippen LogP contribution in [-0.4, -0.2) is 61.3 Å². The molecule has 6 heteroatoms. The third kappa shape index (κ3) is 5.12. The average molecular weight is 410 g/mol. The van der Waals surface area contributed by atoms with Crippen molar-refractivity contribution in [3.8, 4) is 5.75 Å². The lowest BCUT2D eigenvalue weighted by atomic mass is 10.0. The number of hydrogen-bond acceptors (Lipinski definition) is 5. The summed E-state index contributed by atoms with van der Waals surface area (Å²) < 4.78 is 5.81. The SMILES string of the molecule is CCc1ccc(N2CCN(CC(O)COc3ccc4c(c3)CCC(=O)N4)CC2)cc1. The minimum Gasteiger partial charge on any atom is -0.491 e. The van der Waals surface area contributed by atoms with E-state index >= 15 is 0 Å². The molecule has 2 heterocycles. The van der Waals surface area contributed by atoms with Crippen LogP contribution in [0.2, 0.25) is 0 Å². The van der Waals surface area contributed by atoms with Crippen LogP contribution < -0.4 is 15.0 Å². The number of β-amino-alcohol motifs (C(OH)–C–C–N with tert-alkyl or cyclic N) is 1. The van der Waals surface area contributed by atoms with Gasteiger partial charge in [-0.2, -0.15) is 0 Å². The molecule has 2 N–H and O–H groups in total. The molecule has 2 aromatic carbocycles. The monoisotopic (exact) mass is 409 g/mol. The van der Waals surface area contributed by atoms with Crippen molar-refractivity contribution in [2.75, 3.05) is 49.5 Å². The van der Waals surface area contributed by atoms with Gasteiger partial charge in [0.05, 0.1) is 0 Å². The van der Waals surface area contributed by atoms with E-state index in [1.54, 1.807) is 0 Å². The molecule has 0 radical (unpaired) electrons. The number of anilines is 2. The molecule has 30 heavy (non-hydrogen) atoms. The molecule has 2 aliphatic heterocycles. The van der Waals surface area contributed by atoms with Gasteiger partial charge in [0.15, 0.2) is 0 Å². The summed E-state index contributed by atoms with van der Waals surface area (Å²) in [5.41, 5.74) is 4.59. The molecule has 6 nitrogen and oxygen atoms in total. The maximum atomic E-state index is 11.5. The van der Waals surface area contributed by atoms with Crippen LogP contribution in [0.5, 0.6) is 5.75 Å². The normalized spacial score (nSPS) is 17.9. The van der Waals surface area contributed by atoms with Gasteiger partial charge in [-0.25, -0.2) is 0 Å². The molecule has 1 atom stereocenters. The molecule has 1 saturated heterocycles. The van der Waals surface area contributed by atoms with Crippen LogP contribution in [0.3, 0.4) is 0 Å². The number of amides is 1. The van der Waals surface area contributed by atoms with Crippen molar-refractivity contribution >= 4 is 17.3 Å². The fourth-order valence-corrected chi connectivity index (χ4v) is 4.12. The van der Waals surface area contributed by atoms with Gasteiger partial charge in [0.1, 0.15) is 18.5 Å². The van der Waals surface area contributed by atoms with Gasteiger partial charge in [-0.3, -0.25) is 9.69 Å². The second-order valence-electron chi connectivity index (χ2n) is 8.14. The van der Waals surface area contributed by atoms with Crippen molar-refractivity contribution in [3.63, 3.8) is 0 Å². The smallest absolute Gasteiger partial charge is 0.224 e. The van der Waals surface area contributed by atoms with Crippen LogP contribution in [0.1, 0.15) is 24.5 Å².